The zero-order valence-corrected chi connectivity index (χ0v) is 17.2. The molecule has 150 valence electrons. The number of pyridine rings is 1. The Balaban J connectivity index is 1.34. The van der Waals surface area contributed by atoms with Crippen molar-refractivity contribution in [2.45, 2.75) is 26.4 Å². The lowest BCUT2D eigenvalue weighted by molar-refractivity contribution is 0.104. The van der Waals surface area contributed by atoms with Crippen LogP contribution >= 0.6 is 0 Å². The number of rotatable bonds is 5. The molecule has 2 aliphatic rings. The maximum atomic E-state index is 5.44. The van der Waals surface area contributed by atoms with Crippen molar-refractivity contribution in [2.75, 3.05) is 57.4 Å². The molecule has 0 unspecified atom stereocenters. The molecule has 2 aromatic rings. The van der Waals surface area contributed by atoms with Gasteiger partial charge in [0.1, 0.15) is 0 Å². The summed E-state index contributed by atoms with van der Waals surface area (Å²) >= 11 is 0. The number of nitrogens with zero attached hydrogens (tertiary/aromatic N) is 4. The average molecular weight is 381 g/mol. The first-order valence-corrected chi connectivity index (χ1v) is 10.5. The molecular formula is C23H32N4O. The third-order valence-electron chi connectivity index (χ3n) is 5.91. The van der Waals surface area contributed by atoms with Gasteiger partial charge in [-0.2, -0.15) is 0 Å². The van der Waals surface area contributed by atoms with Gasteiger partial charge >= 0.3 is 0 Å². The summed E-state index contributed by atoms with van der Waals surface area (Å²) in [6.07, 6.45) is 2.04. The van der Waals surface area contributed by atoms with Crippen LogP contribution in [0.4, 0.5) is 5.69 Å². The van der Waals surface area contributed by atoms with Gasteiger partial charge in [-0.1, -0.05) is 18.2 Å². The normalized spacial score (nSPS) is 19.3. The van der Waals surface area contributed by atoms with E-state index in [9.17, 15) is 0 Å². The molecule has 3 heterocycles. The third-order valence-corrected chi connectivity index (χ3v) is 5.91. The van der Waals surface area contributed by atoms with Crippen molar-refractivity contribution in [3.63, 3.8) is 0 Å². The highest BCUT2D eigenvalue weighted by atomic mass is 16.5. The highest BCUT2D eigenvalue weighted by molar-refractivity contribution is 5.63. The second-order valence-corrected chi connectivity index (χ2v) is 8.10. The topological polar surface area (TPSA) is 31.8 Å². The monoisotopic (exact) mass is 380 g/mol. The van der Waals surface area contributed by atoms with E-state index in [1.807, 2.05) is 6.20 Å². The van der Waals surface area contributed by atoms with Gasteiger partial charge in [0, 0.05) is 69.3 Å². The molecule has 0 N–H and O–H groups in total. The van der Waals surface area contributed by atoms with E-state index in [0.29, 0.717) is 6.04 Å². The molecule has 0 radical (unpaired) electrons. The van der Waals surface area contributed by atoms with Crippen molar-refractivity contribution in [1.82, 2.24) is 14.8 Å². The van der Waals surface area contributed by atoms with Crippen LogP contribution in [0.5, 0.6) is 0 Å². The van der Waals surface area contributed by atoms with Crippen molar-refractivity contribution in [3.8, 4) is 11.3 Å². The fourth-order valence-corrected chi connectivity index (χ4v) is 4.05. The molecule has 1 aromatic carbocycles. The van der Waals surface area contributed by atoms with Gasteiger partial charge in [-0.15, -0.1) is 0 Å². The van der Waals surface area contributed by atoms with Crippen LogP contribution in [0.2, 0.25) is 0 Å². The first-order valence-electron chi connectivity index (χ1n) is 10.5. The minimum absolute atomic E-state index is 0.651. The van der Waals surface area contributed by atoms with Crippen LogP contribution in [0.1, 0.15) is 19.4 Å². The van der Waals surface area contributed by atoms with Gasteiger partial charge in [0.25, 0.3) is 0 Å². The van der Waals surface area contributed by atoms with E-state index < -0.39 is 0 Å². The van der Waals surface area contributed by atoms with Crippen LogP contribution in [0.25, 0.3) is 11.3 Å². The maximum absolute atomic E-state index is 5.44. The molecule has 5 heteroatoms. The molecule has 0 spiro atoms. The first-order chi connectivity index (χ1) is 13.7. The number of ether oxygens (including phenoxy) is 1. The Morgan fingerprint density at radius 3 is 2.21 bits per heavy atom. The van der Waals surface area contributed by atoms with Gasteiger partial charge in [-0.05, 0) is 37.6 Å². The molecule has 0 aliphatic carbocycles. The second kappa shape index (κ2) is 9.03. The van der Waals surface area contributed by atoms with E-state index >= 15 is 0 Å². The van der Waals surface area contributed by atoms with Crippen LogP contribution in [0.15, 0.2) is 42.6 Å². The summed E-state index contributed by atoms with van der Waals surface area (Å²) in [5.41, 5.74) is 4.78. The van der Waals surface area contributed by atoms with Crippen LogP contribution in [0.3, 0.4) is 0 Å². The quantitative estimate of drug-likeness (QED) is 0.796. The van der Waals surface area contributed by atoms with E-state index in [1.54, 1.807) is 0 Å². The van der Waals surface area contributed by atoms with Crippen molar-refractivity contribution in [1.29, 1.82) is 0 Å². The Morgan fingerprint density at radius 1 is 0.893 bits per heavy atom. The lowest BCUT2D eigenvalue weighted by Crippen LogP contribution is -2.48. The minimum atomic E-state index is 0.651. The molecule has 28 heavy (non-hydrogen) atoms. The van der Waals surface area contributed by atoms with Gasteiger partial charge in [-0.3, -0.25) is 14.8 Å². The third kappa shape index (κ3) is 4.72. The number of aromatic nitrogens is 1. The highest BCUT2D eigenvalue weighted by Crippen LogP contribution is 2.23. The number of morpholine rings is 1. The lowest BCUT2D eigenvalue weighted by atomic mass is 10.1. The summed E-state index contributed by atoms with van der Waals surface area (Å²) in [7, 11) is 0. The summed E-state index contributed by atoms with van der Waals surface area (Å²) in [4.78, 5) is 12.2. The Hall–Kier alpha value is -1.95. The van der Waals surface area contributed by atoms with Crippen LogP contribution in [-0.2, 0) is 11.3 Å². The van der Waals surface area contributed by atoms with Gasteiger partial charge in [0.15, 0.2) is 0 Å². The first kappa shape index (κ1) is 19.4. The molecule has 0 bridgehead atoms. The van der Waals surface area contributed by atoms with E-state index in [-0.39, 0.29) is 0 Å². The molecule has 1 aromatic heterocycles. The van der Waals surface area contributed by atoms with Crippen LogP contribution < -0.4 is 4.90 Å². The zero-order valence-electron chi connectivity index (χ0n) is 17.2. The predicted octanol–water partition coefficient (Wildman–Crippen LogP) is 3.11. The molecule has 2 saturated heterocycles. The van der Waals surface area contributed by atoms with Gasteiger partial charge in [-0.25, -0.2) is 0 Å². The maximum Gasteiger partial charge on any atom is 0.0702 e. The Labute approximate surface area is 168 Å². The van der Waals surface area contributed by atoms with Crippen LogP contribution in [0, 0.1) is 0 Å². The fourth-order valence-electron chi connectivity index (χ4n) is 4.05. The molecule has 5 nitrogen and oxygen atoms in total. The predicted molar refractivity (Wildman–Crippen MR) is 115 cm³/mol. The fraction of sp³-hybridized carbons (Fsp3) is 0.522. The number of piperazine rings is 1. The molecule has 4 rings (SSSR count). The smallest absolute Gasteiger partial charge is 0.0702 e. The van der Waals surface area contributed by atoms with Gasteiger partial charge in [0.2, 0.25) is 0 Å². The van der Waals surface area contributed by atoms with Crippen molar-refractivity contribution >= 4 is 5.69 Å². The van der Waals surface area contributed by atoms with Gasteiger partial charge < -0.3 is 9.64 Å². The van der Waals surface area contributed by atoms with E-state index in [2.05, 4.69) is 64.9 Å². The Bertz CT molecular complexity index is 730. The largest absolute Gasteiger partial charge is 0.378 e. The number of benzene rings is 1. The number of hydrogen-bond acceptors (Lipinski definition) is 5. The summed E-state index contributed by atoms with van der Waals surface area (Å²) in [6.45, 7) is 13.7. The van der Waals surface area contributed by atoms with Crippen molar-refractivity contribution in [2.24, 2.45) is 0 Å². The molecule has 2 aliphatic heterocycles. The van der Waals surface area contributed by atoms with E-state index in [0.717, 1.165) is 51.6 Å². The Kier molecular flexibility index (Phi) is 6.25. The Morgan fingerprint density at radius 2 is 1.61 bits per heavy atom. The van der Waals surface area contributed by atoms with Crippen LogP contribution in [-0.4, -0.2) is 73.3 Å². The zero-order chi connectivity index (χ0) is 19.3. The summed E-state index contributed by atoms with van der Waals surface area (Å²) < 4.78 is 5.44. The van der Waals surface area contributed by atoms with Crippen molar-refractivity contribution < 1.29 is 4.74 Å². The number of anilines is 1. The highest BCUT2D eigenvalue weighted by Gasteiger charge is 2.18. The molecule has 0 amide bonds. The number of hydrogen-bond donors (Lipinski definition) is 0. The lowest BCUT2D eigenvalue weighted by Gasteiger charge is -2.36. The molecule has 0 saturated carbocycles. The molecule has 0 atom stereocenters. The van der Waals surface area contributed by atoms with Crippen molar-refractivity contribution in [3.05, 3.63) is 48.2 Å². The minimum Gasteiger partial charge on any atom is -0.378 e. The average Bonchev–Trinajstić information content (AvgIpc) is 2.75. The van der Waals surface area contributed by atoms with E-state index in [1.165, 1.54) is 29.9 Å². The van der Waals surface area contributed by atoms with Gasteiger partial charge in [0.05, 0.1) is 18.9 Å². The summed E-state index contributed by atoms with van der Waals surface area (Å²) in [6, 6.07) is 13.8. The summed E-state index contributed by atoms with van der Waals surface area (Å²) in [5.74, 6) is 0. The van der Waals surface area contributed by atoms with E-state index in [4.69, 9.17) is 9.72 Å². The standard InChI is InChI=1S/C23H32N4O/c1-19(2)26-11-9-25(10-12-26)18-20-3-8-23(24-17-20)21-4-6-22(7-5-21)27-13-15-28-16-14-27/h3-8,17,19H,9-16,18H2,1-2H3. The summed E-state index contributed by atoms with van der Waals surface area (Å²) in [5, 5.41) is 0. The second-order valence-electron chi connectivity index (χ2n) is 8.10. The molecular weight excluding hydrogens is 348 g/mol. The SMILES string of the molecule is CC(C)N1CCN(Cc2ccc(-c3ccc(N4CCOCC4)cc3)nc2)CC1. The molecule has 2 fully saturated rings.